The van der Waals surface area contributed by atoms with Gasteiger partial charge in [-0.25, -0.2) is 0 Å². The number of nitrogens with zero attached hydrogens (tertiary/aromatic N) is 1. The predicted octanol–water partition coefficient (Wildman–Crippen LogP) is 3.15. The number of amides is 1. The fourth-order valence-electron chi connectivity index (χ4n) is 1.65. The van der Waals surface area contributed by atoms with Crippen LogP contribution in [-0.4, -0.2) is 10.8 Å². The molecule has 1 atom stereocenters. The number of nitro groups is 1. The van der Waals surface area contributed by atoms with Crippen LogP contribution in [0.25, 0.3) is 0 Å². The maximum Gasteiger partial charge on any atom is 0.270 e. The third-order valence-electron chi connectivity index (χ3n) is 2.64. The number of benzene rings is 1. The molecule has 5 nitrogen and oxygen atoms in total. The molecule has 0 fully saturated rings. The van der Waals surface area contributed by atoms with Gasteiger partial charge in [0.15, 0.2) is 0 Å². The zero-order valence-electron chi connectivity index (χ0n) is 10.2. The summed E-state index contributed by atoms with van der Waals surface area (Å²) in [4.78, 5) is 23.2. The highest BCUT2D eigenvalue weighted by atomic mass is 32.1. The minimum atomic E-state index is -0.514. The van der Waals surface area contributed by atoms with E-state index in [0.717, 1.165) is 4.88 Å². The summed E-state index contributed by atoms with van der Waals surface area (Å²) in [6.07, 6.45) is 0. The van der Waals surface area contributed by atoms with E-state index in [-0.39, 0.29) is 23.2 Å². The quantitative estimate of drug-likeness (QED) is 0.688. The van der Waals surface area contributed by atoms with Crippen LogP contribution in [0.3, 0.4) is 0 Å². The second kappa shape index (κ2) is 5.62. The van der Waals surface area contributed by atoms with Crippen molar-refractivity contribution in [2.45, 2.75) is 13.0 Å². The second-order valence-electron chi connectivity index (χ2n) is 4.02. The van der Waals surface area contributed by atoms with Gasteiger partial charge in [-0.3, -0.25) is 14.9 Å². The van der Waals surface area contributed by atoms with Crippen LogP contribution in [0.5, 0.6) is 0 Å². The molecule has 19 heavy (non-hydrogen) atoms. The van der Waals surface area contributed by atoms with Gasteiger partial charge >= 0.3 is 0 Å². The van der Waals surface area contributed by atoms with E-state index in [2.05, 4.69) is 5.32 Å². The molecule has 1 aromatic carbocycles. The molecule has 0 unspecified atom stereocenters. The van der Waals surface area contributed by atoms with E-state index in [1.54, 1.807) is 17.4 Å². The van der Waals surface area contributed by atoms with Crippen molar-refractivity contribution in [1.82, 2.24) is 5.32 Å². The van der Waals surface area contributed by atoms with Crippen molar-refractivity contribution < 1.29 is 9.72 Å². The van der Waals surface area contributed by atoms with E-state index in [1.807, 2.05) is 24.4 Å². The molecule has 1 N–H and O–H groups in total. The summed E-state index contributed by atoms with van der Waals surface area (Å²) in [7, 11) is 0. The van der Waals surface area contributed by atoms with Crippen molar-refractivity contribution in [3.8, 4) is 0 Å². The maximum absolute atomic E-state index is 12.0. The zero-order chi connectivity index (χ0) is 13.8. The van der Waals surface area contributed by atoms with Crippen LogP contribution < -0.4 is 5.32 Å². The Kier molecular flexibility index (Phi) is 3.91. The lowest BCUT2D eigenvalue weighted by Crippen LogP contribution is -2.26. The van der Waals surface area contributed by atoms with Crippen LogP contribution in [0.2, 0.25) is 0 Å². The van der Waals surface area contributed by atoms with Crippen molar-refractivity contribution in [2.24, 2.45) is 0 Å². The van der Waals surface area contributed by atoms with Gasteiger partial charge in [-0.05, 0) is 24.4 Å². The van der Waals surface area contributed by atoms with Crippen LogP contribution in [0.1, 0.15) is 28.2 Å². The van der Waals surface area contributed by atoms with Crippen molar-refractivity contribution in [2.75, 3.05) is 0 Å². The summed E-state index contributed by atoms with van der Waals surface area (Å²) >= 11 is 1.55. The fourth-order valence-corrected chi connectivity index (χ4v) is 2.38. The molecule has 1 amide bonds. The molecular formula is C13H12N2O3S. The predicted molar refractivity (Wildman–Crippen MR) is 73.3 cm³/mol. The van der Waals surface area contributed by atoms with Gasteiger partial charge in [-0.2, -0.15) is 0 Å². The first-order valence-electron chi connectivity index (χ1n) is 5.66. The molecule has 0 bridgehead atoms. The van der Waals surface area contributed by atoms with Gasteiger partial charge < -0.3 is 5.32 Å². The van der Waals surface area contributed by atoms with Crippen LogP contribution in [0.4, 0.5) is 5.69 Å². The number of carbonyl (C=O) groups is 1. The fraction of sp³-hybridized carbons (Fsp3) is 0.154. The van der Waals surface area contributed by atoms with E-state index >= 15 is 0 Å². The minimum absolute atomic E-state index is 0.0866. The molecule has 0 aliphatic carbocycles. The lowest BCUT2D eigenvalue weighted by molar-refractivity contribution is -0.384. The normalized spacial score (nSPS) is 11.8. The van der Waals surface area contributed by atoms with Gasteiger partial charge in [-0.1, -0.05) is 12.1 Å². The average Bonchev–Trinajstić information content (AvgIpc) is 2.92. The Hall–Kier alpha value is -2.21. The zero-order valence-corrected chi connectivity index (χ0v) is 11.0. The van der Waals surface area contributed by atoms with E-state index in [9.17, 15) is 14.9 Å². The molecule has 0 aliphatic rings. The largest absolute Gasteiger partial charge is 0.345 e. The molecule has 0 saturated heterocycles. The standard InChI is InChI=1S/C13H12N2O3S/c1-9(12-6-3-7-19-12)14-13(16)10-4-2-5-11(8-10)15(17)18/h2-9H,1H3,(H,14,16)/t9-/m1/s1. The number of thiophene rings is 1. The second-order valence-corrected chi connectivity index (χ2v) is 5.00. The molecule has 0 aliphatic heterocycles. The highest BCUT2D eigenvalue weighted by molar-refractivity contribution is 7.10. The van der Waals surface area contributed by atoms with E-state index < -0.39 is 4.92 Å². The number of carbonyl (C=O) groups excluding carboxylic acids is 1. The van der Waals surface area contributed by atoms with Crippen molar-refractivity contribution in [1.29, 1.82) is 0 Å². The first-order chi connectivity index (χ1) is 9.08. The average molecular weight is 276 g/mol. The molecule has 2 rings (SSSR count). The Balaban J connectivity index is 2.12. The van der Waals surface area contributed by atoms with E-state index in [0.29, 0.717) is 0 Å². The van der Waals surface area contributed by atoms with Gasteiger partial charge in [0.2, 0.25) is 0 Å². The third-order valence-corrected chi connectivity index (χ3v) is 3.69. The monoisotopic (exact) mass is 276 g/mol. The Labute approximate surface area is 114 Å². The summed E-state index contributed by atoms with van der Waals surface area (Å²) in [6.45, 7) is 1.88. The number of non-ortho nitro benzene ring substituents is 1. The van der Waals surface area contributed by atoms with Gasteiger partial charge in [0, 0.05) is 22.6 Å². The molecule has 0 saturated carbocycles. The first-order valence-corrected chi connectivity index (χ1v) is 6.54. The SMILES string of the molecule is C[C@@H](NC(=O)c1cccc([N+](=O)[O-])c1)c1cccs1. The topological polar surface area (TPSA) is 72.2 Å². The lowest BCUT2D eigenvalue weighted by atomic mass is 10.1. The molecular weight excluding hydrogens is 264 g/mol. The Morgan fingerprint density at radius 1 is 1.37 bits per heavy atom. The number of hydrogen-bond acceptors (Lipinski definition) is 4. The molecule has 1 aromatic heterocycles. The summed E-state index contributed by atoms with van der Waals surface area (Å²) in [5.41, 5.74) is 0.203. The smallest absolute Gasteiger partial charge is 0.270 e. The Bertz CT molecular complexity index is 596. The molecule has 1 heterocycles. The molecule has 98 valence electrons. The molecule has 0 spiro atoms. The molecule has 0 radical (unpaired) electrons. The van der Waals surface area contributed by atoms with E-state index in [1.165, 1.54) is 18.2 Å². The first kappa shape index (κ1) is 13.2. The van der Waals surface area contributed by atoms with E-state index in [4.69, 9.17) is 0 Å². The Morgan fingerprint density at radius 3 is 2.79 bits per heavy atom. The van der Waals surface area contributed by atoms with Crippen molar-refractivity contribution >= 4 is 22.9 Å². The minimum Gasteiger partial charge on any atom is -0.345 e. The summed E-state index contributed by atoms with van der Waals surface area (Å²) in [5.74, 6) is -0.315. The van der Waals surface area contributed by atoms with Gasteiger partial charge in [0.1, 0.15) is 0 Å². The Morgan fingerprint density at radius 2 is 2.16 bits per heavy atom. The summed E-state index contributed by atoms with van der Waals surface area (Å²) in [6, 6.07) is 9.42. The highest BCUT2D eigenvalue weighted by Crippen LogP contribution is 2.19. The third kappa shape index (κ3) is 3.17. The molecule has 6 heteroatoms. The summed E-state index contributed by atoms with van der Waals surface area (Å²) in [5, 5.41) is 15.4. The van der Waals surface area contributed by atoms with Crippen LogP contribution in [0.15, 0.2) is 41.8 Å². The maximum atomic E-state index is 12.0. The highest BCUT2D eigenvalue weighted by Gasteiger charge is 2.14. The lowest BCUT2D eigenvalue weighted by Gasteiger charge is -2.12. The summed E-state index contributed by atoms with van der Waals surface area (Å²) < 4.78 is 0. The van der Waals surface area contributed by atoms with Crippen LogP contribution in [-0.2, 0) is 0 Å². The van der Waals surface area contributed by atoms with Crippen LogP contribution >= 0.6 is 11.3 Å². The van der Waals surface area contributed by atoms with Crippen LogP contribution in [0, 0.1) is 10.1 Å². The molecule has 2 aromatic rings. The number of nitrogens with one attached hydrogen (secondary N) is 1. The van der Waals surface area contributed by atoms with Gasteiger partial charge in [0.05, 0.1) is 11.0 Å². The van der Waals surface area contributed by atoms with Crippen molar-refractivity contribution in [3.63, 3.8) is 0 Å². The number of nitro benzene ring substituents is 1. The number of hydrogen-bond donors (Lipinski definition) is 1. The van der Waals surface area contributed by atoms with Gasteiger partial charge in [0.25, 0.3) is 11.6 Å². The number of rotatable bonds is 4. The van der Waals surface area contributed by atoms with Gasteiger partial charge in [-0.15, -0.1) is 11.3 Å². The van der Waals surface area contributed by atoms with Crippen molar-refractivity contribution in [3.05, 3.63) is 62.3 Å².